The first-order valence-electron chi connectivity index (χ1n) is 7.68. The standard InChI is InChI=1S/C18H17N3O4/c1-10-16(22)13(14(19)17(23)18(10)25-8-7-24-2)15-11-5-3-4-6-12(11)20-9-21-15/h3-6,9H,7-8,19H2,1-2H3. The topological polar surface area (TPSA) is 104 Å². The molecular formula is C18H17N3O4. The molecule has 0 fully saturated rings. The second kappa shape index (κ2) is 6.82. The van der Waals surface area contributed by atoms with Crippen molar-refractivity contribution in [3.05, 3.63) is 53.3 Å². The van der Waals surface area contributed by atoms with Crippen LogP contribution < -0.4 is 5.73 Å². The summed E-state index contributed by atoms with van der Waals surface area (Å²) in [5.41, 5.74) is 7.12. The molecule has 0 saturated heterocycles. The highest BCUT2D eigenvalue weighted by Gasteiger charge is 2.34. The number of allylic oxidation sites excluding steroid dienone is 2. The van der Waals surface area contributed by atoms with E-state index >= 15 is 0 Å². The number of hydrogen-bond acceptors (Lipinski definition) is 7. The molecule has 0 radical (unpaired) electrons. The molecule has 1 aliphatic rings. The number of ketones is 2. The lowest BCUT2D eigenvalue weighted by atomic mass is 9.89. The number of rotatable bonds is 5. The highest BCUT2D eigenvalue weighted by atomic mass is 16.5. The molecule has 1 aromatic heterocycles. The lowest BCUT2D eigenvalue weighted by Gasteiger charge is -2.20. The SMILES string of the molecule is COCCOC1=C(C)C(=O)C(c2ncnc3ccccc23)=C(N)C1=O. The van der Waals surface area contributed by atoms with E-state index in [1.54, 1.807) is 12.1 Å². The molecule has 1 heterocycles. The van der Waals surface area contributed by atoms with Crippen molar-refractivity contribution in [1.82, 2.24) is 9.97 Å². The van der Waals surface area contributed by atoms with Crippen molar-refractivity contribution in [2.24, 2.45) is 5.73 Å². The molecule has 25 heavy (non-hydrogen) atoms. The van der Waals surface area contributed by atoms with E-state index in [1.165, 1.54) is 20.4 Å². The molecule has 3 rings (SSSR count). The number of carbonyl (C=O) groups is 2. The number of nitrogens with two attached hydrogens (primary N) is 1. The number of Topliss-reactive ketones (excluding diaryl/α,β-unsaturated/α-hetero) is 2. The van der Waals surface area contributed by atoms with Crippen LogP contribution in [-0.2, 0) is 19.1 Å². The summed E-state index contributed by atoms with van der Waals surface area (Å²) in [6, 6.07) is 7.22. The van der Waals surface area contributed by atoms with Crippen molar-refractivity contribution < 1.29 is 19.1 Å². The maximum Gasteiger partial charge on any atom is 0.244 e. The van der Waals surface area contributed by atoms with Crippen LogP contribution in [0.1, 0.15) is 12.6 Å². The fourth-order valence-corrected chi connectivity index (χ4v) is 2.66. The molecule has 0 bridgehead atoms. The number of methoxy groups -OCH3 is 1. The van der Waals surface area contributed by atoms with Crippen molar-refractivity contribution in [2.45, 2.75) is 6.92 Å². The molecule has 1 aromatic carbocycles. The third kappa shape index (κ3) is 2.89. The van der Waals surface area contributed by atoms with Gasteiger partial charge in [0.2, 0.25) is 5.78 Å². The Labute approximate surface area is 144 Å². The van der Waals surface area contributed by atoms with Gasteiger partial charge in [0.05, 0.1) is 29.1 Å². The minimum atomic E-state index is -0.522. The Morgan fingerprint density at radius 2 is 1.84 bits per heavy atom. The van der Waals surface area contributed by atoms with Gasteiger partial charge in [0.1, 0.15) is 12.9 Å². The van der Waals surface area contributed by atoms with Gasteiger partial charge in [-0.25, -0.2) is 9.97 Å². The molecular weight excluding hydrogens is 322 g/mol. The van der Waals surface area contributed by atoms with Crippen LogP contribution in [0.2, 0.25) is 0 Å². The Morgan fingerprint density at radius 3 is 2.60 bits per heavy atom. The zero-order valence-corrected chi connectivity index (χ0v) is 13.9. The minimum absolute atomic E-state index is 0.0401. The number of ether oxygens (including phenoxy) is 2. The zero-order valence-electron chi connectivity index (χ0n) is 13.9. The molecule has 2 N–H and O–H groups in total. The van der Waals surface area contributed by atoms with Crippen LogP contribution >= 0.6 is 0 Å². The van der Waals surface area contributed by atoms with E-state index < -0.39 is 5.78 Å². The zero-order chi connectivity index (χ0) is 18.0. The summed E-state index contributed by atoms with van der Waals surface area (Å²) >= 11 is 0. The van der Waals surface area contributed by atoms with Gasteiger partial charge in [-0.15, -0.1) is 0 Å². The molecule has 0 spiro atoms. The average Bonchev–Trinajstić information content (AvgIpc) is 2.63. The Bertz CT molecular complexity index is 926. The smallest absolute Gasteiger partial charge is 0.244 e. The highest BCUT2D eigenvalue weighted by molar-refractivity contribution is 6.39. The number of aromatic nitrogens is 2. The third-order valence-corrected chi connectivity index (χ3v) is 3.94. The average molecular weight is 339 g/mol. The first-order chi connectivity index (χ1) is 12.1. The summed E-state index contributed by atoms with van der Waals surface area (Å²) in [6.45, 7) is 1.99. The second-order valence-electron chi connectivity index (χ2n) is 5.48. The molecule has 0 saturated carbocycles. The van der Waals surface area contributed by atoms with Crippen LogP contribution in [0.25, 0.3) is 16.5 Å². The van der Waals surface area contributed by atoms with Gasteiger partial charge in [-0.2, -0.15) is 0 Å². The highest BCUT2D eigenvalue weighted by Crippen LogP contribution is 2.31. The Hall–Kier alpha value is -3.06. The van der Waals surface area contributed by atoms with E-state index in [9.17, 15) is 9.59 Å². The van der Waals surface area contributed by atoms with Crippen LogP contribution in [0.5, 0.6) is 0 Å². The Morgan fingerprint density at radius 1 is 1.08 bits per heavy atom. The quantitative estimate of drug-likeness (QED) is 0.648. The van der Waals surface area contributed by atoms with Gasteiger partial charge >= 0.3 is 0 Å². The summed E-state index contributed by atoms with van der Waals surface area (Å²) in [5.74, 6) is -0.944. The van der Waals surface area contributed by atoms with E-state index in [1.807, 2.05) is 12.1 Å². The van der Waals surface area contributed by atoms with Gasteiger partial charge in [0.25, 0.3) is 0 Å². The number of para-hydroxylation sites is 1. The van der Waals surface area contributed by atoms with Crippen LogP contribution in [0.4, 0.5) is 0 Å². The Kier molecular flexibility index (Phi) is 4.58. The van der Waals surface area contributed by atoms with Crippen molar-refractivity contribution in [1.29, 1.82) is 0 Å². The number of hydrogen-bond donors (Lipinski definition) is 1. The fourth-order valence-electron chi connectivity index (χ4n) is 2.66. The van der Waals surface area contributed by atoms with Crippen molar-refractivity contribution in [2.75, 3.05) is 20.3 Å². The number of benzene rings is 1. The minimum Gasteiger partial charge on any atom is -0.487 e. The molecule has 0 aliphatic heterocycles. The van der Waals surface area contributed by atoms with E-state index in [0.717, 1.165) is 0 Å². The second-order valence-corrected chi connectivity index (χ2v) is 5.48. The first kappa shape index (κ1) is 16.8. The Balaban J connectivity index is 2.09. The number of nitrogens with zero attached hydrogens (tertiary/aromatic N) is 2. The molecule has 0 amide bonds. The van der Waals surface area contributed by atoms with Gasteiger partial charge in [-0.1, -0.05) is 18.2 Å². The molecule has 1 aliphatic carbocycles. The lowest BCUT2D eigenvalue weighted by Crippen LogP contribution is -2.28. The maximum absolute atomic E-state index is 12.8. The molecule has 7 heteroatoms. The summed E-state index contributed by atoms with van der Waals surface area (Å²) in [6.07, 6.45) is 1.35. The van der Waals surface area contributed by atoms with Gasteiger partial charge in [-0.3, -0.25) is 9.59 Å². The fraction of sp³-hybridized carbons (Fsp3) is 0.222. The molecule has 128 valence electrons. The summed E-state index contributed by atoms with van der Waals surface area (Å²) in [4.78, 5) is 33.8. The third-order valence-electron chi connectivity index (χ3n) is 3.94. The lowest BCUT2D eigenvalue weighted by molar-refractivity contribution is -0.118. The predicted octanol–water partition coefficient (Wildman–Crippen LogP) is 1.39. The normalized spacial score (nSPS) is 15.3. The van der Waals surface area contributed by atoms with E-state index in [2.05, 4.69) is 9.97 Å². The van der Waals surface area contributed by atoms with Gasteiger partial charge in [-0.05, 0) is 13.0 Å². The van der Waals surface area contributed by atoms with E-state index in [0.29, 0.717) is 23.2 Å². The molecule has 0 atom stereocenters. The van der Waals surface area contributed by atoms with Crippen molar-refractivity contribution in [3.8, 4) is 0 Å². The van der Waals surface area contributed by atoms with Crippen molar-refractivity contribution >= 4 is 28.0 Å². The van der Waals surface area contributed by atoms with Gasteiger partial charge in [0, 0.05) is 18.1 Å². The van der Waals surface area contributed by atoms with E-state index in [-0.39, 0.29) is 35.0 Å². The predicted molar refractivity (Wildman–Crippen MR) is 91.2 cm³/mol. The summed E-state index contributed by atoms with van der Waals surface area (Å²) in [5, 5.41) is 0.653. The van der Waals surface area contributed by atoms with Crippen LogP contribution in [-0.4, -0.2) is 41.9 Å². The summed E-state index contributed by atoms with van der Waals surface area (Å²) < 4.78 is 10.3. The maximum atomic E-state index is 12.8. The van der Waals surface area contributed by atoms with Gasteiger partial charge in [0.15, 0.2) is 11.5 Å². The van der Waals surface area contributed by atoms with Crippen molar-refractivity contribution in [3.63, 3.8) is 0 Å². The van der Waals surface area contributed by atoms with Crippen LogP contribution in [0.3, 0.4) is 0 Å². The molecule has 2 aromatic rings. The molecule has 0 unspecified atom stereocenters. The van der Waals surface area contributed by atoms with Crippen LogP contribution in [0, 0.1) is 0 Å². The monoisotopic (exact) mass is 339 g/mol. The summed E-state index contributed by atoms with van der Waals surface area (Å²) in [7, 11) is 1.52. The largest absolute Gasteiger partial charge is 0.487 e. The van der Waals surface area contributed by atoms with Gasteiger partial charge < -0.3 is 15.2 Å². The van der Waals surface area contributed by atoms with Crippen LogP contribution in [0.15, 0.2) is 47.6 Å². The molecule has 7 nitrogen and oxygen atoms in total. The van der Waals surface area contributed by atoms with E-state index in [4.69, 9.17) is 15.2 Å². The number of fused-ring (bicyclic) bond motifs is 1. The number of carbonyl (C=O) groups excluding carboxylic acids is 2. The first-order valence-corrected chi connectivity index (χ1v) is 7.68.